The van der Waals surface area contributed by atoms with Gasteiger partial charge in [0.1, 0.15) is 0 Å². The molecule has 1 aliphatic rings. The van der Waals surface area contributed by atoms with Crippen molar-refractivity contribution in [2.45, 2.75) is 19.3 Å². The van der Waals surface area contributed by atoms with Crippen LogP contribution in [0.2, 0.25) is 0 Å². The van der Waals surface area contributed by atoms with Gasteiger partial charge in [-0.1, -0.05) is 317 Å². The predicted molar refractivity (Wildman–Crippen MR) is 447 cm³/mol. The monoisotopic (exact) mass is 1370 g/mol. The maximum absolute atomic E-state index is 5.02. The minimum Gasteiger partial charge on any atom is -0.310 e. The van der Waals surface area contributed by atoms with E-state index < -0.39 is 0 Å². The highest BCUT2D eigenvalue weighted by molar-refractivity contribution is 6.10. The summed E-state index contributed by atoms with van der Waals surface area (Å²) in [5.41, 5.74) is 31.5. The predicted octanol–water partition coefficient (Wildman–Crippen LogP) is 27.1. The summed E-state index contributed by atoms with van der Waals surface area (Å²) in [5, 5.41) is 2.52. The summed E-state index contributed by atoms with van der Waals surface area (Å²) in [6, 6.07) is 145. The van der Waals surface area contributed by atoms with Crippen molar-refractivity contribution >= 4 is 38.9 Å². The van der Waals surface area contributed by atoms with E-state index in [1.807, 2.05) is 60.7 Å². The van der Waals surface area contributed by atoms with Crippen molar-refractivity contribution in [3.8, 4) is 129 Å². The molecule has 0 N–H and O–H groups in total. The van der Waals surface area contributed by atoms with Gasteiger partial charge in [-0.2, -0.15) is 0 Å². The molecule has 0 aliphatic heterocycles. The molecule has 0 atom stereocenters. The lowest BCUT2D eigenvalue weighted by molar-refractivity contribution is 0.660. The number of hydrogen-bond acceptors (Lipinski definition) is 4. The fourth-order valence-corrected chi connectivity index (χ4v) is 15.4. The molecule has 0 bridgehead atoms. The Hall–Kier alpha value is -13.9. The number of para-hydroxylation sites is 2. The molecule has 18 aromatic rings. The fourth-order valence-electron chi connectivity index (χ4n) is 15.4. The quantitative estimate of drug-likeness (QED) is 0.109. The van der Waals surface area contributed by atoms with Gasteiger partial charge < -0.3 is 9.47 Å². The molecule has 0 spiro atoms. The van der Waals surface area contributed by atoms with E-state index in [1.165, 1.54) is 94.3 Å². The molecule has 0 saturated heterocycles. The zero-order valence-electron chi connectivity index (χ0n) is 59.4. The van der Waals surface area contributed by atoms with E-state index in [1.54, 1.807) is 0 Å². The lowest BCUT2D eigenvalue weighted by atomic mass is 9.82. The number of fused-ring (bicyclic) bond motifs is 6. The Labute approximate surface area is 625 Å². The molecule has 0 unspecified atom stereocenters. The Balaban J connectivity index is 0.000000151. The number of aromatic nitrogens is 4. The second kappa shape index (κ2) is 28.4. The van der Waals surface area contributed by atoms with E-state index in [2.05, 4.69) is 369 Å². The Kier molecular flexibility index (Phi) is 17.3. The molecule has 5 nitrogen and oxygen atoms in total. The summed E-state index contributed by atoms with van der Waals surface area (Å²) >= 11 is 0. The molecule has 0 radical (unpaired) electrons. The lowest BCUT2D eigenvalue weighted by Gasteiger charge is -2.28. The molecular formula is C102H73N5. The molecule has 0 saturated carbocycles. The summed E-state index contributed by atoms with van der Waals surface area (Å²) in [6.07, 6.45) is 0. The van der Waals surface area contributed by atoms with E-state index in [-0.39, 0.29) is 5.41 Å². The third kappa shape index (κ3) is 13.0. The Morgan fingerprint density at radius 1 is 0.215 bits per heavy atom. The number of benzene rings is 16. The third-order valence-corrected chi connectivity index (χ3v) is 20.9. The maximum Gasteiger partial charge on any atom is 0.164 e. The highest BCUT2D eigenvalue weighted by Gasteiger charge is 2.36. The standard InChI is InChI=1S/C51H35N3.C51H38N2/c1-5-16-36(17-6-1)40-24-13-26-42(30-40)46-33-47(43-27-14-25-41(31-43)37-18-7-2-8-19-37)35-48(34-46)44-28-15-29-45(32-44)51-53-49(38-20-9-3-10-21-38)52-50(54-51)39-22-11-4-12-23-39;1-51(2)47-19-11-9-17-43(47)44-31-30-42(34-48(44)51)52(40-26-21-36(22-27-40)35-13-5-3-6-14-35)41-28-23-37(24-29-41)38-25-32-50-46(33-38)45-18-10-12-20-49(45)53(50)39-15-7-4-8-16-39/h1-35H;3-34H,1-2H3. The van der Waals surface area contributed by atoms with Gasteiger partial charge in [0, 0.05) is 55.6 Å². The highest BCUT2D eigenvalue weighted by atomic mass is 15.1. The van der Waals surface area contributed by atoms with Crippen molar-refractivity contribution < 1.29 is 0 Å². The molecule has 2 aromatic heterocycles. The average molecular weight is 1370 g/mol. The molecule has 0 fully saturated rings. The van der Waals surface area contributed by atoms with Gasteiger partial charge in [-0.3, -0.25) is 0 Å². The van der Waals surface area contributed by atoms with Crippen LogP contribution in [0.15, 0.2) is 406 Å². The van der Waals surface area contributed by atoms with Crippen LogP contribution in [-0.4, -0.2) is 19.5 Å². The van der Waals surface area contributed by atoms with Crippen LogP contribution >= 0.6 is 0 Å². The second-order valence-electron chi connectivity index (χ2n) is 27.9. The lowest BCUT2D eigenvalue weighted by Crippen LogP contribution is -2.16. The van der Waals surface area contributed by atoms with Crippen LogP contribution in [0.5, 0.6) is 0 Å². The molecule has 19 rings (SSSR count). The summed E-state index contributed by atoms with van der Waals surface area (Å²) in [7, 11) is 0. The molecule has 1 aliphatic carbocycles. The fraction of sp³-hybridized carbons (Fsp3) is 0.0294. The smallest absolute Gasteiger partial charge is 0.164 e. The van der Waals surface area contributed by atoms with Crippen LogP contribution in [0, 0.1) is 0 Å². The minimum atomic E-state index is -0.0864. The normalized spacial score (nSPS) is 11.9. The van der Waals surface area contributed by atoms with Gasteiger partial charge in [-0.25, -0.2) is 15.0 Å². The van der Waals surface area contributed by atoms with Crippen LogP contribution in [0.3, 0.4) is 0 Å². The van der Waals surface area contributed by atoms with E-state index in [4.69, 9.17) is 15.0 Å². The Morgan fingerprint density at radius 3 is 1.06 bits per heavy atom. The molecule has 5 heteroatoms. The first-order valence-corrected chi connectivity index (χ1v) is 36.6. The van der Waals surface area contributed by atoms with Crippen LogP contribution < -0.4 is 4.90 Å². The first kappa shape index (κ1) is 65.2. The van der Waals surface area contributed by atoms with Gasteiger partial charge in [-0.05, 0) is 203 Å². The molecule has 16 aromatic carbocycles. The number of rotatable bonds is 14. The topological polar surface area (TPSA) is 46.8 Å². The average Bonchev–Trinajstić information content (AvgIpc) is 1.58. The van der Waals surface area contributed by atoms with Gasteiger partial charge in [0.2, 0.25) is 0 Å². The highest BCUT2D eigenvalue weighted by Crippen LogP contribution is 2.51. The molecule has 0 amide bonds. The van der Waals surface area contributed by atoms with E-state index in [0.29, 0.717) is 17.5 Å². The van der Waals surface area contributed by atoms with Crippen molar-refractivity contribution in [2.75, 3.05) is 4.90 Å². The van der Waals surface area contributed by atoms with Gasteiger partial charge >= 0.3 is 0 Å². The van der Waals surface area contributed by atoms with Crippen molar-refractivity contribution in [1.29, 1.82) is 0 Å². The third-order valence-electron chi connectivity index (χ3n) is 20.9. The summed E-state index contributed by atoms with van der Waals surface area (Å²) in [6.45, 7) is 4.70. The molecule has 107 heavy (non-hydrogen) atoms. The largest absolute Gasteiger partial charge is 0.310 e. The van der Waals surface area contributed by atoms with Crippen molar-refractivity contribution in [2.24, 2.45) is 0 Å². The summed E-state index contributed by atoms with van der Waals surface area (Å²) < 4.78 is 2.37. The van der Waals surface area contributed by atoms with Crippen LogP contribution in [0.1, 0.15) is 25.0 Å². The summed E-state index contributed by atoms with van der Waals surface area (Å²) in [5.74, 6) is 1.92. The van der Waals surface area contributed by atoms with Crippen LogP contribution in [-0.2, 0) is 5.41 Å². The minimum absolute atomic E-state index is 0.0864. The Morgan fingerprint density at radius 2 is 0.542 bits per heavy atom. The number of nitrogens with zero attached hydrogens (tertiary/aromatic N) is 5. The van der Waals surface area contributed by atoms with Gasteiger partial charge in [0.05, 0.1) is 11.0 Å². The van der Waals surface area contributed by atoms with Gasteiger partial charge in [0.25, 0.3) is 0 Å². The van der Waals surface area contributed by atoms with Gasteiger partial charge in [-0.15, -0.1) is 0 Å². The number of hydrogen-bond donors (Lipinski definition) is 0. The first-order chi connectivity index (χ1) is 52.8. The second-order valence-corrected chi connectivity index (χ2v) is 27.9. The molecular weight excluding hydrogens is 1300 g/mol. The number of anilines is 3. The molecule has 506 valence electrons. The van der Waals surface area contributed by atoms with Crippen molar-refractivity contribution in [1.82, 2.24) is 19.5 Å². The first-order valence-electron chi connectivity index (χ1n) is 36.6. The van der Waals surface area contributed by atoms with E-state index >= 15 is 0 Å². The zero-order valence-corrected chi connectivity index (χ0v) is 59.4. The van der Waals surface area contributed by atoms with E-state index in [0.717, 1.165) is 67.1 Å². The molecule has 2 heterocycles. The van der Waals surface area contributed by atoms with Crippen molar-refractivity contribution in [3.63, 3.8) is 0 Å². The van der Waals surface area contributed by atoms with Crippen LogP contribution in [0.4, 0.5) is 17.1 Å². The zero-order chi connectivity index (χ0) is 71.6. The SMILES string of the molecule is CC1(C)c2ccccc2-c2ccc(N(c3ccc(-c4ccccc4)cc3)c3ccc(-c4ccc5c(c4)c4ccccc4n5-c4ccccc4)cc3)cc21.c1ccc(-c2cccc(-c3cc(-c4cccc(-c5ccccc5)c4)cc(-c4cccc(-c5nc(-c6ccccc6)nc(-c6ccccc6)n5)c4)c3)c2)cc1. The Bertz CT molecular complexity index is 6070. The van der Waals surface area contributed by atoms with Crippen molar-refractivity contribution in [3.05, 3.63) is 418 Å². The summed E-state index contributed by atoms with van der Waals surface area (Å²) in [4.78, 5) is 17.3. The van der Waals surface area contributed by atoms with Crippen LogP contribution in [0.25, 0.3) is 151 Å². The van der Waals surface area contributed by atoms with E-state index in [9.17, 15) is 0 Å². The maximum atomic E-state index is 5.02. The van der Waals surface area contributed by atoms with Gasteiger partial charge in [0.15, 0.2) is 17.5 Å².